The van der Waals surface area contributed by atoms with Crippen molar-refractivity contribution in [3.8, 4) is 0 Å². The van der Waals surface area contributed by atoms with Gasteiger partial charge in [-0.05, 0) is 24.3 Å². The summed E-state index contributed by atoms with van der Waals surface area (Å²) in [7, 11) is 34.0. The van der Waals surface area contributed by atoms with Gasteiger partial charge in [-0.3, -0.25) is 0 Å². The number of carbonyl (C=O) groups excluding carboxylic acids is 4. The molecule has 0 fully saturated rings. The Morgan fingerprint density at radius 2 is 0.390 bits per heavy atom. The molecule has 12 heteroatoms. The molecular formula is C29H64N4O8. The average Bonchev–Trinajstić information content (AvgIpc) is 2.64. The van der Waals surface area contributed by atoms with Crippen LogP contribution in [0.25, 0.3) is 0 Å². The third-order valence-electron chi connectivity index (χ3n) is 0.667. The van der Waals surface area contributed by atoms with Crippen molar-refractivity contribution >= 4 is 23.9 Å². The normalized spacial score (nSPS) is 8.98. The Bertz CT molecular complexity index is 550. The van der Waals surface area contributed by atoms with Gasteiger partial charge in [0.25, 0.3) is 0 Å². The summed E-state index contributed by atoms with van der Waals surface area (Å²) in [5.74, 6) is -4.93. The summed E-state index contributed by atoms with van der Waals surface area (Å²) in [5, 5.41) is 36.6. The first-order chi connectivity index (χ1) is 17.1. The zero-order valence-electron chi connectivity index (χ0n) is 28.2. The summed E-state index contributed by atoms with van der Waals surface area (Å²) in [6.45, 7) is 11.6. The largest absolute Gasteiger partial charge is 0.545 e. The van der Waals surface area contributed by atoms with E-state index < -0.39 is 23.9 Å². The molecule has 0 heterocycles. The Labute approximate surface area is 252 Å². The predicted octanol–water partition coefficient (Wildman–Crippen LogP) is -2.39. The van der Waals surface area contributed by atoms with Gasteiger partial charge in [0.2, 0.25) is 0 Å². The van der Waals surface area contributed by atoms with Crippen LogP contribution in [0.15, 0.2) is 50.6 Å². The maximum Gasteiger partial charge on any atom is 0.0675 e. The van der Waals surface area contributed by atoms with Crippen LogP contribution < -0.4 is 20.4 Å². The van der Waals surface area contributed by atoms with Gasteiger partial charge in [-0.1, -0.05) is 33.7 Å². The van der Waals surface area contributed by atoms with Crippen LogP contribution in [-0.2, 0) is 19.2 Å². The number of rotatable bonds is 4. The molecule has 0 rings (SSSR count). The van der Waals surface area contributed by atoms with Crippen molar-refractivity contribution in [2.24, 2.45) is 0 Å². The minimum atomic E-state index is -1.23. The number of carboxylic acids is 4. The van der Waals surface area contributed by atoms with Crippen LogP contribution in [0.2, 0.25) is 0 Å². The molecule has 248 valence electrons. The van der Waals surface area contributed by atoms with Crippen LogP contribution in [0.5, 0.6) is 0 Å². The topological polar surface area (TPSA) is 161 Å². The number of nitrogens with zero attached hydrogens (tertiary/aromatic N) is 4. The molecule has 0 unspecified atom stereocenters. The van der Waals surface area contributed by atoms with Crippen molar-refractivity contribution in [1.82, 2.24) is 0 Å². The number of quaternary nitrogens is 4. The Morgan fingerprint density at radius 1 is 0.366 bits per heavy atom. The molecule has 0 spiro atoms. The molecule has 0 aromatic carbocycles. The number of carbonyl (C=O) groups is 4. The van der Waals surface area contributed by atoms with Crippen LogP contribution in [0.4, 0.5) is 0 Å². The molecule has 0 amide bonds. The molecule has 0 N–H and O–H groups in total. The molecule has 0 atom stereocenters. The van der Waals surface area contributed by atoms with Crippen molar-refractivity contribution in [3.63, 3.8) is 0 Å². The monoisotopic (exact) mass is 596 g/mol. The summed E-state index contributed by atoms with van der Waals surface area (Å²) in [4.78, 5) is 36.6. The lowest BCUT2D eigenvalue weighted by atomic mass is 10.7. The van der Waals surface area contributed by atoms with E-state index in [1.165, 1.54) is 0 Å². The van der Waals surface area contributed by atoms with Crippen molar-refractivity contribution in [3.05, 3.63) is 50.6 Å². The Balaban J connectivity index is -0.0000000406. The van der Waals surface area contributed by atoms with Crippen LogP contribution >= 0.6 is 0 Å². The van der Waals surface area contributed by atoms with Gasteiger partial charge < -0.3 is 57.5 Å². The van der Waals surface area contributed by atoms with Gasteiger partial charge in [0.1, 0.15) is 0 Å². The predicted molar refractivity (Wildman–Crippen MR) is 163 cm³/mol. The molecule has 12 nitrogen and oxygen atoms in total. The molecule has 0 aliphatic rings. The number of hydrogen-bond acceptors (Lipinski definition) is 8. The van der Waals surface area contributed by atoms with Crippen molar-refractivity contribution in [2.75, 3.05) is 113 Å². The van der Waals surface area contributed by atoms with E-state index >= 15 is 0 Å². The highest BCUT2D eigenvalue weighted by Crippen LogP contribution is 1.75. The second-order valence-corrected chi connectivity index (χ2v) is 12.8. The Morgan fingerprint density at radius 3 is 0.390 bits per heavy atom. The summed E-state index contributed by atoms with van der Waals surface area (Å²) in [5.41, 5.74) is 0. The lowest BCUT2D eigenvalue weighted by Gasteiger charge is -2.14. The Hall–Kier alpha value is -3.32. The fourth-order valence-corrected chi connectivity index (χ4v) is 0. The van der Waals surface area contributed by atoms with Crippen molar-refractivity contribution in [2.45, 2.75) is 7.43 Å². The molecular weight excluding hydrogens is 532 g/mol. The SMILES string of the molecule is C.C=CC(=O)[O-].C=CC(=O)[O-].C=CC(=O)[O-].C=CC(=O)[O-].C[N+](C)(C)C.C[N+](C)(C)C.C[N+](C)(C)C.C[N+](C)(C)C. The van der Waals surface area contributed by atoms with Gasteiger partial charge in [0, 0.05) is 0 Å². The zero-order valence-corrected chi connectivity index (χ0v) is 28.2. The number of carboxylic acid groups (broad SMARTS) is 4. The summed E-state index contributed by atoms with van der Waals surface area (Å²) < 4.78 is 4.00. The first-order valence-electron chi connectivity index (χ1n) is 11.6. The molecule has 0 aromatic heterocycles. The third-order valence-corrected chi connectivity index (χ3v) is 0.667. The molecule has 0 aliphatic heterocycles. The van der Waals surface area contributed by atoms with E-state index in [0.29, 0.717) is 0 Å². The van der Waals surface area contributed by atoms with Crippen LogP contribution in [0.1, 0.15) is 7.43 Å². The molecule has 41 heavy (non-hydrogen) atoms. The maximum atomic E-state index is 9.14. The van der Waals surface area contributed by atoms with Gasteiger partial charge >= 0.3 is 0 Å². The fraction of sp³-hybridized carbons (Fsp3) is 0.586. The van der Waals surface area contributed by atoms with Gasteiger partial charge in [-0.15, -0.1) is 0 Å². The number of hydrogen-bond donors (Lipinski definition) is 0. The van der Waals surface area contributed by atoms with E-state index in [4.69, 9.17) is 39.6 Å². The second kappa shape index (κ2) is 34.7. The van der Waals surface area contributed by atoms with Gasteiger partial charge in [-0.2, -0.15) is 0 Å². The summed E-state index contributed by atoms with van der Waals surface area (Å²) >= 11 is 0. The van der Waals surface area contributed by atoms with Crippen LogP contribution in [0.3, 0.4) is 0 Å². The fourth-order valence-electron chi connectivity index (χ4n) is 0. The van der Waals surface area contributed by atoms with E-state index in [1.54, 1.807) is 0 Å². The smallest absolute Gasteiger partial charge is 0.0675 e. The zero-order chi connectivity index (χ0) is 35.1. The third kappa shape index (κ3) is 2010. The van der Waals surface area contributed by atoms with Gasteiger partial charge in [-0.25, -0.2) is 0 Å². The van der Waals surface area contributed by atoms with Crippen LogP contribution in [0, 0.1) is 0 Å². The summed E-state index contributed by atoms with van der Waals surface area (Å²) in [6, 6.07) is 0. The van der Waals surface area contributed by atoms with E-state index in [0.717, 1.165) is 42.2 Å². The highest BCUT2D eigenvalue weighted by atomic mass is 16.4. The van der Waals surface area contributed by atoms with E-state index in [9.17, 15) is 0 Å². The second-order valence-electron chi connectivity index (χ2n) is 12.8. The molecule has 0 saturated heterocycles. The van der Waals surface area contributed by atoms with Crippen LogP contribution in [-0.4, -0.2) is 155 Å². The average molecular weight is 597 g/mol. The first-order valence-corrected chi connectivity index (χ1v) is 11.6. The van der Waals surface area contributed by atoms with Crippen molar-refractivity contribution in [1.29, 1.82) is 0 Å². The highest BCUT2D eigenvalue weighted by molar-refractivity contribution is 5.77. The first kappa shape index (κ1) is 61.6. The highest BCUT2D eigenvalue weighted by Gasteiger charge is 1.89. The minimum absolute atomic E-state index is 0. The minimum Gasteiger partial charge on any atom is -0.545 e. The molecule has 0 radical (unpaired) electrons. The molecule has 0 saturated carbocycles. The van der Waals surface area contributed by atoms with Gasteiger partial charge in [0.05, 0.1) is 137 Å². The lowest BCUT2D eigenvalue weighted by Crippen LogP contribution is -2.27. The molecule has 0 bridgehead atoms. The maximum absolute atomic E-state index is 9.14. The van der Waals surface area contributed by atoms with E-state index in [1.807, 2.05) is 0 Å². The number of aliphatic carboxylic acids is 4. The van der Waals surface area contributed by atoms with Gasteiger partial charge in [0.15, 0.2) is 0 Å². The Kier molecular flexibility index (Phi) is 52.2. The van der Waals surface area contributed by atoms with Crippen molar-refractivity contribution < 1.29 is 57.5 Å². The molecule has 0 aliphatic carbocycles. The summed E-state index contributed by atoms with van der Waals surface area (Å²) in [6.07, 6.45) is 2.89. The standard InChI is InChI=1S/4C4H12N.4C3H4O2.CH4/c4*1-5(2,3)4;4*1-2-3(4)5;/h4*1-4H3;4*2H,1H2,(H,4,5);1H4/q4*+1;;;;;/p-4. The lowest BCUT2D eigenvalue weighted by molar-refractivity contribution is -0.849. The van der Waals surface area contributed by atoms with E-state index in [-0.39, 0.29) is 7.43 Å². The molecule has 0 aromatic rings. The van der Waals surface area contributed by atoms with E-state index in [2.05, 4.69) is 139 Å². The quantitative estimate of drug-likeness (QED) is 0.257.